The fourth-order valence-electron chi connectivity index (χ4n) is 5.37. The van der Waals surface area contributed by atoms with E-state index in [0.29, 0.717) is 12.0 Å². The first kappa shape index (κ1) is 29.9. The van der Waals surface area contributed by atoms with E-state index in [2.05, 4.69) is 91.9 Å². The molecule has 2 N–H and O–H groups in total. The standard InChI is InChI=1S/C31H45N3O2.C2H6/c1-6-9-26(7-2)33-27-13-16-34(17-14-27)21-23-12-15-32-29(18-23)25-19-28(24-10-8-11-24)31(36-22(3)4)30(20-25)35-5;1-2/h6-7,9,12,15,18-20,22,24,27,29,32-33H,8,10-11,13-14,16-17,21H2,1-5H3;1-2H3/b9-6-,26-7+;. The Bertz CT molecular complexity index is 996. The van der Waals surface area contributed by atoms with Crippen LogP contribution in [0, 0.1) is 0 Å². The Balaban J connectivity index is 0.00000195. The summed E-state index contributed by atoms with van der Waals surface area (Å²) in [7, 11) is 1.75. The van der Waals surface area contributed by atoms with Crippen molar-refractivity contribution in [3.05, 3.63) is 71.1 Å². The number of methoxy groups -OCH3 is 1. The highest BCUT2D eigenvalue weighted by Gasteiger charge is 2.28. The monoisotopic (exact) mass is 521 g/mol. The maximum Gasteiger partial charge on any atom is 0.165 e. The van der Waals surface area contributed by atoms with Crippen LogP contribution in [0.25, 0.3) is 0 Å². The zero-order valence-electron chi connectivity index (χ0n) is 24.8. The van der Waals surface area contributed by atoms with E-state index in [4.69, 9.17) is 9.47 Å². The Labute approximate surface area is 232 Å². The molecule has 1 saturated carbocycles. The molecule has 1 aliphatic carbocycles. The quantitative estimate of drug-likeness (QED) is 0.314. The average molecular weight is 522 g/mol. The summed E-state index contributed by atoms with van der Waals surface area (Å²) in [6, 6.07) is 5.21. The summed E-state index contributed by atoms with van der Waals surface area (Å²) >= 11 is 0. The molecule has 1 aromatic carbocycles. The molecule has 38 heavy (non-hydrogen) atoms. The summed E-state index contributed by atoms with van der Waals surface area (Å²) in [6.45, 7) is 15.6. The van der Waals surface area contributed by atoms with Gasteiger partial charge < -0.3 is 20.1 Å². The minimum atomic E-state index is 0.123. The number of likely N-dealkylation sites (tertiary alicyclic amines) is 1. The van der Waals surface area contributed by atoms with Gasteiger partial charge in [0.25, 0.3) is 0 Å². The molecule has 3 aliphatic rings. The van der Waals surface area contributed by atoms with Crippen molar-refractivity contribution >= 4 is 0 Å². The number of dihydropyridines is 1. The lowest BCUT2D eigenvalue weighted by molar-refractivity contribution is 0.218. The van der Waals surface area contributed by atoms with Crippen molar-refractivity contribution in [1.29, 1.82) is 0 Å². The van der Waals surface area contributed by atoms with Crippen LogP contribution in [0.2, 0.25) is 0 Å². The van der Waals surface area contributed by atoms with Gasteiger partial charge >= 0.3 is 0 Å². The van der Waals surface area contributed by atoms with E-state index in [-0.39, 0.29) is 12.1 Å². The Kier molecular flexibility index (Phi) is 11.8. The summed E-state index contributed by atoms with van der Waals surface area (Å²) < 4.78 is 12.1. The number of nitrogens with one attached hydrogen (secondary N) is 2. The van der Waals surface area contributed by atoms with E-state index < -0.39 is 0 Å². The first-order valence-corrected chi connectivity index (χ1v) is 14.8. The van der Waals surface area contributed by atoms with Gasteiger partial charge in [-0.25, -0.2) is 0 Å². The van der Waals surface area contributed by atoms with Crippen molar-refractivity contribution in [3.63, 3.8) is 0 Å². The summed E-state index contributed by atoms with van der Waals surface area (Å²) in [5.41, 5.74) is 5.16. The van der Waals surface area contributed by atoms with Gasteiger partial charge in [0.2, 0.25) is 0 Å². The van der Waals surface area contributed by atoms with E-state index in [0.717, 1.165) is 31.1 Å². The number of nitrogens with zero attached hydrogens (tertiary/aromatic N) is 1. The molecule has 0 aromatic heterocycles. The zero-order valence-corrected chi connectivity index (χ0v) is 24.8. The predicted octanol–water partition coefficient (Wildman–Crippen LogP) is 7.39. The molecule has 0 radical (unpaired) electrons. The minimum absolute atomic E-state index is 0.123. The number of ether oxygens (including phenoxy) is 2. The van der Waals surface area contributed by atoms with Crippen LogP contribution in [0.15, 0.2) is 60.0 Å². The highest BCUT2D eigenvalue weighted by atomic mass is 16.5. The largest absolute Gasteiger partial charge is 0.493 e. The van der Waals surface area contributed by atoms with Crippen molar-refractivity contribution in [2.45, 2.75) is 97.8 Å². The van der Waals surface area contributed by atoms with Gasteiger partial charge in [0, 0.05) is 36.9 Å². The molecule has 0 amide bonds. The van der Waals surface area contributed by atoms with Crippen LogP contribution in [0.5, 0.6) is 11.5 Å². The second-order valence-corrected chi connectivity index (χ2v) is 10.6. The maximum absolute atomic E-state index is 6.25. The minimum Gasteiger partial charge on any atom is -0.493 e. The van der Waals surface area contributed by atoms with Crippen LogP contribution in [0.3, 0.4) is 0 Å². The second-order valence-electron chi connectivity index (χ2n) is 10.6. The van der Waals surface area contributed by atoms with E-state index in [1.807, 2.05) is 13.8 Å². The molecule has 1 atom stereocenters. The summed E-state index contributed by atoms with van der Waals surface area (Å²) in [4.78, 5) is 2.58. The Hall–Kier alpha value is -2.66. The van der Waals surface area contributed by atoms with Crippen LogP contribution >= 0.6 is 0 Å². The highest BCUT2D eigenvalue weighted by molar-refractivity contribution is 5.53. The first-order valence-electron chi connectivity index (χ1n) is 14.8. The van der Waals surface area contributed by atoms with Gasteiger partial charge in [-0.2, -0.15) is 0 Å². The van der Waals surface area contributed by atoms with Gasteiger partial charge in [0.05, 0.1) is 19.3 Å². The molecule has 1 unspecified atom stereocenters. The number of benzene rings is 1. The van der Waals surface area contributed by atoms with Crippen molar-refractivity contribution in [2.24, 2.45) is 0 Å². The molecule has 2 aliphatic heterocycles. The zero-order chi connectivity index (χ0) is 27.5. The van der Waals surface area contributed by atoms with Crippen molar-refractivity contribution in [2.75, 3.05) is 26.7 Å². The van der Waals surface area contributed by atoms with E-state index in [1.165, 1.54) is 54.5 Å². The number of hydrogen-bond acceptors (Lipinski definition) is 5. The van der Waals surface area contributed by atoms with Crippen LogP contribution in [-0.4, -0.2) is 43.8 Å². The van der Waals surface area contributed by atoms with Gasteiger partial charge in [0.15, 0.2) is 11.5 Å². The molecule has 2 fully saturated rings. The number of allylic oxidation sites excluding steroid dienone is 3. The fraction of sp³-hybridized carbons (Fsp3) is 0.576. The van der Waals surface area contributed by atoms with Crippen molar-refractivity contribution in [3.8, 4) is 11.5 Å². The van der Waals surface area contributed by atoms with E-state index in [9.17, 15) is 0 Å². The summed E-state index contributed by atoms with van der Waals surface area (Å²) in [5, 5.41) is 7.27. The third-order valence-corrected chi connectivity index (χ3v) is 7.56. The van der Waals surface area contributed by atoms with Gasteiger partial charge in [-0.1, -0.05) is 38.5 Å². The Morgan fingerprint density at radius 3 is 2.45 bits per heavy atom. The smallest absolute Gasteiger partial charge is 0.165 e. The molecule has 5 heteroatoms. The van der Waals surface area contributed by atoms with Crippen LogP contribution < -0.4 is 20.1 Å². The van der Waals surface area contributed by atoms with Crippen molar-refractivity contribution in [1.82, 2.24) is 15.5 Å². The SMILES string of the molecule is C/C=C\C(=C/C)NC1CCN(CC2=CC(c3cc(OC)c(OC(C)C)c(C4CCC4)c3)NC=C2)CC1.CC. The summed E-state index contributed by atoms with van der Waals surface area (Å²) in [6.07, 6.45) is 19.4. The molecule has 0 spiro atoms. The fourth-order valence-corrected chi connectivity index (χ4v) is 5.37. The third kappa shape index (κ3) is 7.92. The average Bonchev–Trinajstić information content (AvgIpc) is 2.90. The normalized spacial score (nSPS) is 20.9. The lowest BCUT2D eigenvalue weighted by atomic mass is 9.78. The van der Waals surface area contributed by atoms with E-state index >= 15 is 0 Å². The maximum atomic E-state index is 6.25. The predicted molar refractivity (Wildman–Crippen MR) is 161 cm³/mol. The van der Waals surface area contributed by atoms with Crippen molar-refractivity contribution < 1.29 is 9.47 Å². The summed E-state index contributed by atoms with van der Waals surface area (Å²) in [5.74, 6) is 2.35. The second kappa shape index (κ2) is 15.1. The van der Waals surface area contributed by atoms with Gasteiger partial charge in [-0.05, 0) is 101 Å². The van der Waals surface area contributed by atoms with E-state index in [1.54, 1.807) is 7.11 Å². The molecule has 1 saturated heterocycles. The van der Waals surface area contributed by atoms with Crippen LogP contribution in [-0.2, 0) is 0 Å². The molecule has 0 bridgehead atoms. The lowest BCUT2D eigenvalue weighted by Crippen LogP contribution is -2.42. The molecular weight excluding hydrogens is 470 g/mol. The molecule has 5 nitrogen and oxygen atoms in total. The van der Waals surface area contributed by atoms with Crippen LogP contribution in [0.4, 0.5) is 0 Å². The lowest BCUT2D eigenvalue weighted by Gasteiger charge is -2.34. The van der Waals surface area contributed by atoms with Gasteiger partial charge in [-0.15, -0.1) is 0 Å². The molecule has 1 aromatic rings. The van der Waals surface area contributed by atoms with Gasteiger partial charge in [-0.3, -0.25) is 4.90 Å². The first-order chi connectivity index (χ1) is 18.5. The molecular formula is C33H51N3O2. The Morgan fingerprint density at radius 1 is 1.13 bits per heavy atom. The van der Waals surface area contributed by atoms with Gasteiger partial charge in [0.1, 0.15) is 0 Å². The molecule has 210 valence electrons. The number of rotatable bonds is 10. The number of hydrogen-bond donors (Lipinski definition) is 2. The Morgan fingerprint density at radius 2 is 1.87 bits per heavy atom. The highest BCUT2D eigenvalue weighted by Crippen LogP contribution is 2.46. The molecule has 4 rings (SSSR count). The third-order valence-electron chi connectivity index (χ3n) is 7.56. The molecule has 2 heterocycles. The topological polar surface area (TPSA) is 45.8 Å². The van der Waals surface area contributed by atoms with Crippen LogP contribution in [0.1, 0.15) is 96.7 Å². The number of piperidine rings is 1.